The first-order valence-electron chi connectivity index (χ1n) is 6.62. The second kappa shape index (κ2) is 5.88. The minimum absolute atomic E-state index is 0.474. The Morgan fingerprint density at radius 2 is 2.05 bits per heavy atom. The van der Waals surface area contributed by atoms with Gasteiger partial charge in [-0.1, -0.05) is 0 Å². The fourth-order valence-corrected chi connectivity index (χ4v) is 2.35. The maximum absolute atomic E-state index is 11.0. The number of pyridine rings is 1. The summed E-state index contributed by atoms with van der Waals surface area (Å²) in [5.74, 6) is -0.0972. The molecule has 0 radical (unpaired) electrons. The van der Waals surface area contributed by atoms with Crippen LogP contribution in [-0.2, 0) is 4.79 Å². The highest BCUT2D eigenvalue weighted by Crippen LogP contribution is 2.20. The van der Waals surface area contributed by atoms with Gasteiger partial charge >= 0.3 is 5.97 Å². The van der Waals surface area contributed by atoms with Gasteiger partial charge in [-0.3, -0.25) is 9.69 Å². The van der Waals surface area contributed by atoms with Crippen LogP contribution < -0.4 is 4.90 Å². The molecule has 0 aliphatic carbocycles. The first-order valence-corrected chi connectivity index (χ1v) is 6.62. The minimum Gasteiger partial charge on any atom is -0.480 e. The van der Waals surface area contributed by atoms with Crippen molar-refractivity contribution in [1.29, 1.82) is 5.26 Å². The first kappa shape index (κ1) is 14.3. The van der Waals surface area contributed by atoms with Gasteiger partial charge in [-0.05, 0) is 26.0 Å². The molecule has 1 aliphatic rings. The van der Waals surface area contributed by atoms with E-state index in [2.05, 4.69) is 16.0 Å². The molecule has 106 valence electrons. The van der Waals surface area contributed by atoms with Gasteiger partial charge in [0.05, 0.1) is 5.56 Å². The predicted octanol–water partition coefficient (Wildman–Crippen LogP) is 0.857. The molecule has 0 bridgehead atoms. The zero-order chi connectivity index (χ0) is 14.7. The molecule has 1 aromatic heterocycles. The molecule has 0 spiro atoms. The van der Waals surface area contributed by atoms with Gasteiger partial charge in [0, 0.05) is 31.9 Å². The van der Waals surface area contributed by atoms with E-state index in [-0.39, 0.29) is 0 Å². The number of carboxylic acids is 1. The van der Waals surface area contributed by atoms with Crippen molar-refractivity contribution in [2.45, 2.75) is 19.9 Å². The van der Waals surface area contributed by atoms with E-state index < -0.39 is 12.0 Å². The van der Waals surface area contributed by atoms with Crippen LogP contribution in [-0.4, -0.2) is 53.2 Å². The fraction of sp³-hybridized carbons (Fsp3) is 0.500. The first-order chi connectivity index (χ1) is 9.52. The summed E-state index contributed by atoms with van der Waals surface area (Å²) < 4.78 is 0. The number of hydrogen-bond acceptors (Lipinski definition) is 5. The van der Waals surface area contributed by atoms with E-state index in [1.165, 1.54) is 0 Å². The van der Waals surface area contributed by atoms with Crippen LogP contribution in [0.15, 0.2) is 12.1 Å². The van der Waals surface area contributed by atoms with Crippen LogP contribution in [0.3, 0.4) is 0 Å². The normalized spacial score (nSPS) is 17.6. The molecule has 1 N–H and O–H groups in total. The number of nitriles is 1. The van der Waals surface area contributed by atoms with E-state index in [4.69, 9.17) is 10.4 Å². The Morgan fingerprint density at radius 1 is 1.40 bits per heavy atom. The van der Waals surface area contributed by atoms with Crippen molar-refractivity contribution >= 4 is 11.8 Å². The lowest BCUT2D eigenvalue weighted by Crippen LogP contribution is -2.52. The van der Waals surface area contributed by atoms with Gasteiger partial charge in [0.15, 0.2) is 0 Å². The predicted molar refractivity (Wildman–Crippen MR) is 74.6 cm³/mol. The minimum atomic E-state index is -0.801. The van der Waals surface area contributed by atoms with E-state index in [1.54, 1.807) is 13.0 Å². The van der Waals surface area contributed by atoms with Gasteiger partial charge in [-0.25, -0.2) is 4.98 Å². The molecule has 1 aliphatic heterocycles. The summed E-state index contributed by atoms with van der Waals surface area (Å²) >= 11 is 0. The summed E-state index contributed by atoms with van der Waals surface area (Å²) in [4.78, 5) is 19.4. The number of anilines is 1. The molecule has 0 saturated carbocycles. The van der Waals surface area contributed by atoms with Crippen molar-refractivity contribution in [1.82, 2.24) is 9.88 Å². The number of nitrogens with zero attached hydrogens (tertiary/aromatic N) is 4. The SMILES string of the molecule is Cc1ccc(C#N)c(N2CCN(C(C)C(=O)O)CC2)n1. The molecule has 0 aromatic carbocycles. The maximum Gasteiger partial charge on any atom is 0.320 e. The Hall–Kier alpha value is -2.13. The summed E-state index contributed by atoms with van der Waals surface area (Å²) in [7, 11) is 0. The Labute approximate surface area is 118 Å². The molecule has 6 nitrogen and oxygen atoms in total. The summed E-state index contributed by atoms with van der Waals surface area (Å²) in [6.07, 6.45) is 0. The smallest absolute Gasteiger partial charge is 0.320 e. The van der Waals surface area contributed by atoms with Crippen molar-refractivity contribution < 1.29 is 9.90 Å². The van der Waals surface area contributed by atoms with Gasteiger partial charge in [0.25, 0.3) is 0 Å². The number of piperazine rings is 1. The van der Waals surface area contributed by atoms with Crippen LogP contribution in [0.2, 0.25) is 0 Å². The highest BCUT2D eigenvalue weighted by Gasteiger charge is 2.26. The fourth-order valence-electron chi connectivity index (χ4n) is 2.35. The largest absolute Gasteiger partial charge is 0.480 e. The van der Waals surface area contributed by atoms with Crippen LogP contribution in [0, 0.1) is 18.3 Å². The zero-order valence-corrected chi connectivity index (χ0v) is 11.7. The standard InChI is InChI=1S/C14H18N4O2/c1-10-3-4-12(9-15)13(16-10)18-7-5-17(6-8-18)11(2)14(19)20/h3-4,11H,5-8H2,1-2H3,(H,19,20). The van der Waals surface area contributed by atoms with E-state index in [0.29, 0.717) is 37.6 Å². The van der Waals surface area contributed by atoms with Gasteiger partial charge in [-0.2, -0.15) is 5.26 Å². The second-order valence-electron chi connectivity index (χ2n) is 4.97. The Morgan fingerprint density at radius 3 is 2.60 bits per heavy atom. The monoisotopic (exact) mass is 274 g/mol. The highest BCUT2D eigenvalue weighted by atomic mass is 16.4. The number of aryl methyl sites for hydroxylation is 1. The topological polar surface area (TPSA) is 80.5 Å². The van der Waals surface area contributed by atoms with Crippen LogP contribution >= 0.6 is 0 Å². The lowest BCUT2D eigenvalue weighted by Gasteiger charge is -2.37. The number of aliphatic carboxylic acids is 1. The average molecular weight is 274 g/mol. The number of rotatable bonds is 3. The highest BCUT2D eigenvalue weighted by molar-refractivity contribution is 5.73. The Balaban J connectivity index is 2.10. The van der Waals surface area contributed by atoms with Crippen molar-refractivity contribution in [3.05, 3.63) is 23.4 Å². The van der Waals surface area contributed by atoms with E-state index in [9.17, 15) is 4.79 Å². The molecule has 6 heteroatoms. The Kier molecular flexibility index (Phi) is 4.20. The molecule has 1 aromatic rings. The van der Waals surface area contributed by atoms with Crippen LogP contribution in [0.1, 0.15) is 18.2 Å². The molecule has 2 rings (SSSR count). The van der Waals surface area contributed by atoms with Crippen molar-refractivity contribution in [2.75, 3.05) is 31.1 Å². The third-order valence-electron chi connectivity index (χ3n) is 3.65. The molecule has 0 amide bonds. The van der Waals surface area contributed by atoms with Crippen LogP contribution in [0.5, 0.6) is 0 Å². The molecule has 2 heterocycles. The third-order valence-corrected chi connectivity index (χ3v) is 3.65. The number of hydrogen-bond donors (Lipinski definition) is 1. The third kappa shape index (κ3) is 2.89. The molecular weight excluding hydrogens is 256 g/mol. The maximum atomic E-state index is 11.0. The van der Waals surface area contributed by atoms with Crippen molar-refractivity contribution in [3.63, 3.8) is 0 Å². The second-order valence-corrected chi connectivity index (χ2v) is 4.97. The number of aromatic nitrogens is 1. The summed E-state index contributed by atoms with van der Waals surface area (Å²) in [6, 6.07) is 5.29. The number of carbonyl (C=O) groups is 1. The quantitative estimate of drug-likeness (QED) is 0.880. The summed E-state index contributed by atoms with van der Waals surface area (Å²) in [5, 5.41) is 18.2. The van der Waals surface area contributed by atoms with Crippen molar-refractivity contribution in [2.24, 2.45) is 0 Å². The summed E-state index contributed by atoms with van der Waals surface area (Å²) in [5.41, 5.74) is 1.44. The van der Waals surface area contributed by atoms with E-state index in [0.717, 1.165) is 5.69 Å². The Bertz CT molecular complexity index is 545. The van der Waals surface area contributed by atoms with E-state index >= 15 is 0 Å². The van der Waals surface area contributed by atoms with Gasteiger partial charge < -0.3 is 10.0 Å². The number of carboxylic acid groups (broad SMARTS) is 1. The van der Waals surface area contributed by atoms with Crippen LogP contribution in [0.4, 0.5) is 5.82 Å². The van der Waals surface area contributed by atoms with E-state index in [1.807, 2.05) is 17.9 Å². The molecule has 1 fully saturated rings. The lowest BCUT2D eigenvalue weighted by atomic mass is 10.2. The average Bonchev–Trinajstić information content (AvgIpc) is 2.46. The van der Waals surface area contributed by atoms with Crippen molar-refractivity contribution in [3.8, 4) is 6.07 Å². The van der Waals surface area contributed by atoms with Gasteiger partial charge in [-0.15, -0.1) is 0 Å². The molecule has 1 atom stereocenters. The van der Waals surface area contributed by atoms with Gasteiger partial charge in [0.1, 0.15) is 17.9 Å². The summed E-state index contributed by atoms with van der Waals surface area (Å²) in [6.45, 7) is 6.28. The zero-order valence-electron chi connectivity index (χ0n) is 11.7. The molecular formula is C14H18N4O2. The van der Waals surface area contributed by atoms with Crippen LogP contribution in [0.25, 0.3) is 0 Å². The molecule has 1 unspecified atom stereocenters. The lowest BCUT2D eigenvalue weighted by molar-refractivity contribution is -0.142. The molecule has 20 heavy (non-hydrogen) atoms. The molecule has 1 saturated heterocycles. The van der Waals surface area contributed by atoms with Gasteiger partial charge in [0.2, 0.25) is 0 Å².